The van der Waals surface area contributed by atoms with Gasteiger partial charge in [0.15, 0.2) is 0 Å². The van der Waals surface area contributed by atoms with E-state index < -0.39 is 25.2 Å². The number of esters is 2. The third kappa shape index (κ3) is 4.81. The second-order valence-corrected chi connectivity index (χ2v) is 9.93. The molecule has 0 amide bonds. The van der Waals surface area contributed by atoms with Crippen molar-refractivity contribution in [3.8, 4) is 0 Å². The Kier molecular flexibility index (Phi) is 6.90. The van der Waals surface area contributed by atoms with Crippen molar-refractivity contribution in [2.24, 2.45) is 0 Å². The molecular formula is C26H27O4P. The van der Waals surface area contributed by atoms with E-state index in [4.69, 9.17) is 12.2 Å². The average Bonchev–Trinajstić information content (AvgIpc) is 2.84. The zero-order valence-electron chi connectivity index (χ0n) is 19.7. The zero-order chi connectivity index (χ0) is 23.9. The molecule has 0 bridgehead atoms. The molecule has 160 valence electrons. The minimum atomic E-state index is -3.18. The Morgan fingerprint density at radius 1 is 0.710 bits per heavy atom. The topological polar surface area (TPSA) is 52.6 Å². The number of carbonyl (C=O) groups is 2. The van der Waals surface area contributed by atoms with Gasteiger partial charge in [0.1, 0.15) is 0 Å². The molecule has 0 saturated heterocycles. The van der Waals surface area contributed by atoms with Crippen LogP contribution in [-0.2, 0) is 19.1 Å². The van der Waals surface area contributed by atoms with Crippen LogP contribution in [0.4, 0.5) is 0 Å². The monoisotopic (exact) mass is 440 g/mol. The summed E-state index contributed by atoms with van der Waals surface area (Å²) in [5.41, 5.74) is 0. The van der Waals surface area contributed by atoms with Gasteiger partial charge >= 0.3 is 11.9 Å². The van der Waals surface area contributed by atoms with Crippen LogP contribution in [0, 0.1) is 0 Å². The summed E-state index contributed by atoms with van der Waals surface area (Å²) in [5, 5.41) is 1.97. The molecule has 0 unspecified atom stereocenters. The normalized spacial score (nSPS) is 12.3. The van der Waals surface area contributed by atoms with Crippen LogP contribution in [0.2, 0.25) is 0 Å². The Bertz CT molecular complexity index is 1040. The number of rotatable bonds is 8. The Hall–Kier alpha value is -3.10. The Labute approximate surface area is 186 Å². The van der Waals surface area contributed by atoms with Crippen LogP contribution in [0.25, 0.3) is 0 Å². The van der Waals surface area contributed by atoms with Gasteiger partial charge in [-0.3, -0.25) is 4.79 Å². The highest BCUT2D eigenvalue weighted by atomic mass is 31.2. The summed E-state index contributed by atoms with van der Waals surface area (Å²) >= 11 is 0. The Morgan fingerprint density at radius 3 is 1.45 bits per heavy atom. The standard InChI is InChI=1S/C26H27O4P/c1-3-29-25(27)20-24(26(28)30-4-2)31(21-14-8-5-9-15-21,22-16-10-6-11-17-22)23-18-12-7-13-19-23/h5-19H,3-4,20H2,1-2H3/i20+1D2,24+1,25+1,26+1. The lowest BCUT2D eigenvalue weighted by Gasteiger charge is -2.31. The third-order valence-corrected chi connectivity index (χ3v) is 8.91. The average molecular weight is 440 g/mol. The SMILES string of the molecule is [2H][13C]([2H])([13C](=O)OCC)[13C]([13C](=O)OCC)=P(c1ccccc1)(c1ccccc1)c1ccccc1. The van der Waals surface area contributed by atoms with Crippen LogP contribution in [0.15, 0.2) is 91.0 Å². The highest BCUT2D eigenvalue weighted by Gasteiger charge is 2.35. The maximum Gasteiger partial charge on any atom is 0.335 e. The molecule has 0 aliphatic heterocycles. The molecule has 3 aromatic rings. The number of carbonyl (C=O) groups excluding carboxylic acids is 2. The van der Waals surface area contributed by atoms with Crippen LogP contribution < -0.4 is 15.9 Å². The van der Waals surface area contributed by atoms with Crippen LogP contribution in [0.1, 0.15) is 23.0 Å². The first-order valence-electron chi connectivity index (χ1n) is 11.2. The summed E-state index contributed by atoms with van der Waals surface area (Å²) in [6.45, 7) is 0.106. The fraction of sp³-hybridized carbons (Fsp3) is 0.192. The number of benzene rings is 3. The molecule has 0 fully saturated rings. The second kappa shape index (κ2) is 10.8. The van der Waals surface area contributed by atoms with Gasteiger partial charge in [0, 0.05) is 2.74 Å². The van der Waals surface area contributed by atoms with Crippen molar-refractivity contribution < 1.29 is 21.8 Å². The molecule has 3 rings (SSSR count). The summed E-state index contributed by atoms with van der Waals surface area (Å²) in [7, 11) is 0. The molecule has 5 heteroatoms. The van der Waals surface area contributed by atoms with Crippen LogP contribution in [-0.4, -0.2) is 30.4 Å². The van der Waals surface area contributed by atoms with Crippen LogP contribution in [0.5, 0.6) is 0 Å². The minimum absolute atomic E-state index is 0.0120. The van der Waals surface area contributed by atoms with E-state index in [0.29, 0.717) is 0 Å². The van der Waals surface area contributed by atoms with Gasteiger partial charge in [0.05, 0.1) is 24.9 Å². The molecule has 0 atom stereocenters. The fourth-order valence-electron chi connectivity index (χ4n) is 3.52. The lowest BCUT2D eigenvalue weighted by molar-refractivity contribution is -0.143. The van der Waals surface area contributed by atoms with E-state index in [1.807, 2.05) is 91.0 Å². The summed E-state index contributed by atoms with van der Waals surface area (Å²) in [6.07, 6.45) is -2.72. The van der Waals surface area contributed by atoms with E-state index >= 15 is 0 Å². The number of ether oxygens (including phenoxy) is 2. The summed E-state index contributed by atoms with van der Waals surface area (Å²) in [6, 6.07) is 27.9. The quantitative estimate of drug-likeness (QED) is 0.305. The van der Waals surface area contributed by atoms with E-state index in [-0.39, 0.29) is 18.5 Å². The first-order valence-corrected chi connectivity index (χ1v) is 12.0. The van der Waals surface area contributed by atoms with Crippen molar-refractivity contribution in [3.63, 3.8) is 0 Å². The molecule has 0 N–H and O–H groups in total. The van der Waals surface area contributed by atoms with E-state index in [2.05, 4.69) is 0 Å². The van der Waals surface area contributed by atoms with Gasteiger partial charge < -0.3 is 9.47 Å². The van der Waals surface area contributed by atoms with E-state index in [9.17, 15) is 9.59 Å². The molecule has 0 aromatic heterocycles. The molecule has 0 radical (unpaired) electrons. The van der Waals surface area contributed by atoms with Gasteiger partial charge in [0.2, 0.25) is 0 Å². The molecule has 3 aromatic carbocycles. The second-order valence-electron chi connectivity index (χ2n) is 6.59. The molecule has 0 aliphatic carbocycles. The third-order valence-electron chi connectivity index (χ3n) is 4.73. The van der Waals surface area contributed by atoms with Gasteiger partial charge in [-0.2, -0.15) is 0 Å². The summed E-state index contributed by atoms with van der Waals surface area (Å²) < 4.78 is 28.3. The van der Waals surface area contributed by atoms with Crippen molar-refractivity contribution in [1.82, 2.24) is 0 Å². The highest BCUT2D eigenvalue weighted by molar-refractivity contribution is 7.96. The minimum Gasteiger partial charge on any atom is -0.466 e. The maximum absolute atomic E-state index is 13.6. The van der Waals surface area contributed by atoms with Crippen molar-refractivity contribution in [3.05, 3.63) is 91.0 Å². The van der Waals surface area contributed by atoms with Gasteiger partial charge in [-0.1, -0.05) is 91.0 Å². The first-order chi connectivity index (χ1) is 15.9. The van der Waals surface area contributed by atoms with E-state index in [1.54, 1.807) is 13.8 Å². The predicted molar refractivity (Wildman–Crippen MR) is 128 cm³/mol. The molecule has 0 aliphatic rings. The zero-order valence-corrected chi connectivity index (χ0v) is 18.5. The van der Waals surface area contributed by atoms with Crippen molar-refractivity contribution in [2.45, 2.75) is 20.2 Å². The van der Waals surface area contributed by atoms with Gasteiger partial charge in [-0.15, -0.1) is 0 Å². The van der Waals surface area contributed by atoms with Gasteiger partial charge in [0.25, 0.3) is 0 Å². The number of hydrogen-bond donors (Lipinski definition) is 0. The van der Waals surface area contributed by atoms with Crippen molar-refractivity contribution >= 4 is 40.0 Å². The maximum atomic E-state index is 13.6. The largest absolute Gasteiger partial charge is 0.466 e. The molecular weight excluding hydrogens is 411 g/mol. The smallest absolute Gasteiger partial charge is 0.335 e. The Balaban J connectivity index is 2.66. The van der Waals surface area contributed by atoms with Crippen LogP contribution in [0.3, 0.4) is 0 Å². The Morgan fingerprint density at radius 2 is 1.10 bits per heavy atom. The van der Waals surface area contributed by atoms with Crippen LogP contribution >= 0.6 is 6.89 Å². The summed E-state index contributed by atoms with van der Waals surface area (Å²) in [5.74, 6) is -1.96. The van der Waals surface area contributed by atoms with E-state index in [1.165, 1.54) is 0 Å². The molecule has 0 spiro atoms. The molecule has 0 saturated carbocycles. The highest BCUT2D eigenvalue weighted by Crippen LogP contribution is 2.47. The predicted octanol–water partition coefficient (Wildman–Crippen LogP) is 3.67. The lowest BCUT2D eigenvalue weighted by atomic mass is 10.4. The first kappa shape index (κ1) is 19.8. The van der Waals surface area contributed by atoms with E-state index in [0.717, 1.165) is 15.9 Å². The van der Waals surface area contributed by atoms with Crippen molar-refractivity contribution in [1.29, 1.82) is 0 Å². The number of hydrogen-bond acceptors (Lipinski definition) is 4. The molecule has 31 heavy (non-hydrogen) atoms. The molecule has 0 heterocycles. The molecule has 4 nitrogen and oxygen atoms in total. The van der Waals surface area contributed by atoms with Crippen molar-refractivity contribution in [2.75, 3.05) is 13.2 Å². The fourth-order valence-corrected chi connectivity index (χ4v) is 7.65. The lowest BCUT2D eigenvalue weighted by Crippen LogP contribution is -2.35. The van der Waals surface area contributed by atoms with Gasteiger partial charge in [-0.25, -0.2) is 4.79 Å². The summed E-state index contributed by atoms with van der Waals surface area (Å²) in [4.78, 5) is 26.5. The van der Waals surface area contributed by atoms with Gasteiger partial charge in [-0.05, 0) is 36.6 Å².